The Morgan fingerprint density at radius 2 is 2.05 bits per heavy atom. The first-order valence-electron chi connectivity index (χ1n) is 7.18. The van der Waals surface area contributed by atoms with E-state index in [1.807, 2.05) is 16.8 Å². The number of rotatable bonds is 5. The van der Waals surface area contributed by atoms with E-state index in [0.29, 0.717) is 5.92 Å². The molecule has 1 aromatic heterocycles. The predicted octanol–water partition coefficient (Wildman–Crippen LogP) is 3.94. The van der Waals surface area contributed by atoms with Crippen molar-refractivity contribution in [1.29, 1.82) is 0 Å². The first-order chi connectivity index (χ1) is 9.59. The number of nitrogens with zero attached hydrogens (tertiary/aromatic N) is 3. The Bertz CT molecular complexity index is 560. The molecular formula is C16H20ClN3. The fourth-order valence-corrected chi connectivity index (χ4v) is 3.22. The lowest BCUT2D eigenvalue weighted by molar-refractivity contribution is 0.236. The van der Waals surface area contributed by atoms with E-state index in [9.17, 15) is 0 Å². The minimum absolute atomic E-state index is 0.0550. The summed E-state index contributed by atoms with van der Waals surface area (Å²) in [5.41, 5.74) is 1.39. The summed E-state index contributed by atoms with van der Waals surface area (Å²) in [6.07, 6.45) is 6.10. The molecule has 2 unspecified atom stereocenters. The second-order valence-corrected chi connectivity index (χ2v) is 6.58. The Hall–Kier alpha value is -1.35. The molecule has 4 heteroatoms. The molecule has 1 aliphatic carbocycles. The third-order valence-electron chi connectivity index (χ3n) is 4.79. The molecule has 1 fully saturated rings. The molecule has 1 aliphatic rings. The zero-order valence-electron chi connectivity index (χ0n) is 12.0. The average Bonchev–Trinajstić information content (AvgIpc) is 3.17. The van der Waals surface area contributed by atoms with Crippen LogP contribution in [-0.4, -0.2) is 14.8 Å². The second-order valence-electron chi connectivity index (χ2n) is 6.14. The van der Waals surface area contributed by atoms with Crippen molar-refractivity contribution < 1.29 is 0 Å². The van der Waals surface area contributed by atoms with Crippen molar-refractivity contribution in [2.24, 2.45) is 11.8 Å². The van der Waals surface area contributed by atoms with Crippen LogP contribution in [-0.2, 0) is 12.0 Å². The summed E-state index contributed by atoms with van der Waals surface area (Å²) in [6, 6.07) is 8.27. The maximum absolute atomic E-state index is 6.03. The van der Waals surface area contributed by atoms with Crippen molar-refractivity contribution in [3.63, 3.8) is 0 Å². The first kappa shape index (κ1) is 13.6. The van der Waals surface area contributed by atoms with Gasteiger partial charge in [-0.3, -0.25) is 4.68 Å². The molecule has 0 N–H and O–H groups in total. The van der Waals surface area contributed by atoms with E-state index in [1.54, 1.807) is 12.7 Å². The van der Waals surface area contributed by atoms with Crippen molar-refractivity contribution in [1.82, 2.24) is 14.8 Å². The highest BCUT2D eigenvalue weighted by atomic mass is 35.5. The van der Waals surface area contributed by atoms with Gasteiger partial charge < -0.3 is 0 Å². The third kappa shape index (κ3) is 2.59. The molecule has 0 aliphatic heterocycles. The Kier molecular flexibility index (Phi) is 3.55. The smallest absolute Gasteiger partial charge is 0.137 e. The predicted molar refractivity (Wildman–Crippen MR) is 80.7 cm³/mol. The van der Waals surface area contributed by atoms with Crippen LogP contribution in [0.2, 0.25) is 5.02 Å². The van der Waals surface area contributed by atoms with Crippen LogP contribution < -0.4 is 0 Å². The fraction of sp³-hybridized carbons (Fsp3) is 0.500. The molecule has 106 valence electrons. The van der Waals surface area contributed by atoms with Crippen molar-refractivity contribution >= 4 is 11.6 Å². The molecule has 1 aromatic carbocycles. The summed E-state index contributed by atoms with van der Waals surface area (Å²) >= 11 is 6.03. The SMILES string of the molecule is CC(C1CC1)C(C)(Cn1cncn1)c1ccc(Cl)cc1. The molecule has 0 amide bonds. The lowest BCUT2D eigenvalue weighted by atomic mass is 9.70. The lowest BCUT2D eigenvalue weighted by Gasteiger charge is -2.36. The van der Waals surface area contributed by atoms with Crippen LogP contribution in [0, 0.1) is 11.8 Å². The Morgan fingerprint density at radius 3 is 2.60 bits per heavy atom. The van der Waals surface area contributed by atoms with Crippen LogP contribution in [0.4, 0.5) is 0 Å². The Morgan fingerprint density at radius 1 is 1.35 bits per heavy atom. The minimum atomic E-state index is 0.0550. The quantitative estimate of drug-likeness (QED) is 0.835. The monoisotopic (exact) mass is 289 g/mol. The largest absolute Gasteiger partial charge is 0.252 e. The van der Waals surface area contributed by atoms with Crippen molar-refractivity contribution in [3.8, 4) is 0 Å². The zero-order chi connectivity index (χ0) is 14.2. The van der Waals surface area contributed by atoms with Crippen LogP contribution in [0.5, 0.6) is 0 Å². The van der Waals surface area contributed by atoms with Gasteiger partial charge in [0.15, 0.2) is 0 Å². The molecule has 3 rings (SSSR count). The van der Waals surface area contributed by atoms with Gasteiger partial charge in [-0.05, 0) is 42.4 Å². The van der Waals surface area contributed by atoms with Crippen LogP contribution in [0.1, 0.15) is 32.3 Å². The Balaban J connectivity index is 1.95. The van der Waals surface area contributed by atoms with Gasteiger partial charge in [-0.1, -0.05) is 37.6 Å². The molecule has 1 saturated carbocycles. The zero-order valence-corrected chi connectivity index (χ0v) is 12.7. The first-order valence-corrected chi connectivity index (χ1v) is 7.56. The van der Waals surface area contributed by atoms with Crippen molar-refractivity contribution in [2.45, 2.75) is 38.6 Å². The van der Waals surface area contributed by atoms with Gasteiger partial charge in [0.1, 0.15) is 12.7 Å². The van der Waals surface area contributed by atoms with Gasteiger partial charge >= 0.3 is 0 Å². The van der Waals surface area contributed by atoms with E-state index in [1.165, 1.54) is 18.4 Å². The minimum Gasteiger partial charge on any atom is -0.252 e. The molecule has 1 heterocycles. The van der Waals surface area contributed by atoms with Gasteiger partial charge in [-0.25, -0.2) is 4.98 Å². The summed E-state index contributed by atoms with van der Waals surface area (Å²) in [5, 5.41) is 5.07. The normalized spacial score (nSPS) is 19.6. The van der Waals surface area contributed by atoms with E-state index in [0.717, 1.165) is 17.5 Å². The maximum Gasteiger partial charge on any atom is 0.137 e. The molecule has 0 radical (unpaired) electrons. The van der Waals surface area contributed by atoms with Gasteiger partial charge in [-0.15, -0.1) is 0 Å². The number of hydrogen-bond donors (Lipinski definition) is 0. The Labute approximate surface area is 125 Å². The molecule has 20 heavy (non-hydrogen) atoms. The van der Waals surface area contributed by atoms with Crippen LogP contribution in [0.25, 0.3) is 0 Å². The summed E-state index contributed by atoms with van der Waals surface area (Å²) in [4.78, 5) is 4.06. The highest BCUT2D eigenvalue weighted by Gasteiger charge is 2.42. The van der Waals surface area contributed by atoms with Crippen LogP contribution in [0.3, 0.4) is 0 Å². The fourth-order valence-electron chi connectivity index (χ4n) is 3.10. The summed E-state index contributed by atoms with van der Waals surface area (Å²) < 4.78 is 1.94. The van der Waals surface area contributed by atoms with E-state index in [2.05, 4.69) is 36.1 Å². The van der Waals surface area contributed by atoms with Gasteiger partial charge in [0.25, 0.3) is 0 Å². The molecule has 0 saturated heterocycles. The van der Waals surface area contributed by atoms with Crippen molar-refractivity contribution in [3.05, 3.63) is 47.5 Å². The topological polar surface area (TPSA) is 30.7 Å². The summed E-state index contributed by atoms with van der Waals surface area (Å²) in [5.74, 6) is 1.45. The average molecular weight is 290 g/mol. The van der Waals surface area contributed by atoms with Gasteiger partial charge in [-0.2, -0.15) is 5.10 Å². The molecule has 0 bridgehead atoms. The maximum atomic E-state index is 6.03. The van der Waals surface area contributed by atoms with E-state index in [-0.39, 0.29) is 5.41 Å². The van der Waals surface area contributed by atoms with Gasteiger partial charge in [0.05, 0.1) is 6.54 Å². The number of hydrogen-bond acceptors (Lipinski definition) is 2. The second kappa shape index (κ2) is 5.21. The molecule has 3 nitrogen and oxygen atoms in total. The molecule has 2 atom stereocenters. The third-order valence-corrected chi connectivity index (χ3v) is 5.05. The van der Waals surface area contributed by atoms with Gasteiger partial charge in [0, 0.05) is 10.4 Å². The van der Waals surface area contributed by atoms with E-state index in [4.69, 9.17) is 11.6 Å². The summed E-state index contributed by atoms with van der Waals surface area (Å²) in [6.45, 7) is 5.55. The van der Waals surface area contributed by atoms with Crippen LogP contribution in [0.15, 0.2) is 36.9 Å². The molecule has 0 spiro atoms. The number of halogens is 1. The van der Waals surface area contributed by atoms with Crippen LogP contribution >= 0.6 is 11.6 Å². The molecular weight excluding hydrogens is 270 g/mol. The highest BCUT2D eigenvalue weighted by Crippen LogP contribution is 2.47. The molecule has 2 aromatic rings. The highest BCUT2D eigenvalue weighted by molar-refractivity contribution is 6.30. The van der Waals surface area contributed by atoms with E-state index < -0.39 is 0 Å². The summed E-state index contributed by atoms with van der Waals surface area (Å²) in [7, 11) is 0. The standard InChI is InChI=1S/C16H20ClN3/c1-12(13-3-4-13)16(2,9-20-11-18-10-19-20)14-5-7-15(17)8-6-14/h5-8,10-13H,3-4,9H2,1-2H3. The van der Waals surface area contributed by atoms with Gasteiger partial charge in [0.2, 0.25) is 0 Å². The lowest BCUT2D eigenvalue weighted by Crippen LogP contribution is -2.36. The van der Waals surface area contributed by atoms with E-state index >= 15 is 0 Å². The number of benzene rings is 1. The number of aromatic nitrogens is 3. The van der Waals surface area contributed by atoms with Crippen molar-refractivity contribution in [2.75, 3.05) is 0 Å².